The van der Waals surface area contributed by atoms with Gasteiger partial charge in [0.05, 0.1) is 17.2 Å². The van der Waals surface area contributed by atoms with Gasteiger partial charge in [0.15, 0.2) is 11.5 Å². The average molecular weight is 309 g/mol. The second kappa shape index (κ2) is 4.66. The Morgan fingerprint density at radius 1 is 1.05 bits per heavy atom. The van der Waals surface area contributed by atoms with E-state index in [0.29, 0.717) is 5.56 Å². The van der Waals surface area contributed by atoms with Crippen molar-refractivity contribution in [2.45, 2.75) is 12.1 Å². The van der Waals surface area contributed by atoms with E-state index >= 15 is 0 Å². The van der Waals surface area contributed by atoms with Gasteiger partial charge in [0.25, 0.3) is 0 Å². The molecule has 1 amide bonds. The molecule has 1 aliphatic heterocycles. The Morgan fingerprint density at radius 3 is 2.41 bits per heavy atom. The molecule has 114 valence electrons. The summed E-state index contributed by atoms with van der Waals surface area (Å²) in [5.41, 5.74) is -0.697. The molecule has 2 aromatic rings. The molecular formula is C15H10F3NO3. The number of hydrogen-bond acceptors (Lipinski definition) is 3. The standard InChI is InChI=1S/C15H10F3NO3/c16-15(17,18)9-3-1-2-8-12(14(22)19-13(8)9)7-4-5-10(20)11(21)6-7/h1-6,12,20-21H,(H,19,22). The first-order valence-corrected chi connectivity index (χ1v) is 6.32. The molecule has 3 N–H and O–H groups in total. The summed E-state index contributed by atoms with van der Waals surface area (Å²) in [5, 5.41) is 21.1. The number of alkyl halides is 3. The molecule has 2 aromatic carbocycles. The van der Waals surface area contributed by atoms with Gasteiger partial charge in [0.1, 0.15) is 0 Å². The second-order valence-electron chi connectivity index (χ2n) is 4.94. The molecule has 22 heavy (non-hydrogen) atoms. The molecule has 0 fully saturated rings. The van der Waals surface area contributed by atoms with Crippen LogP contribution in [0.3, 0.4) is 0 Å². The zero-order chi connectivity index (χ0) is 16.1. The molecule has 0 radical (unpaired) electrons. The zero-order valence-corrected chi connectivity index (χ0v) is 11.0. The van der Waals surface area contributed by atoms with E-state index in [4.69, 9.17) is 0 Å². The number of fused-ring (bicyclic) bond motifs is 1. The third-order valence-corrected chi connectivity index (χ3v) is 3.56. The van der Waals surface area contributed by atoms with Gasteiger partial charge in [-0.15, -0.1) is 0 Å². The van der Waals surface area contributed by atoms with Crippen LogP contribution in [0.15, 0.2) is 36.4 Å². The molecule has 0 saturated heterocycles. The minimum Gasteiger partial charge on any atom is -0.504 e. The van der Waals surface area contributed by atoms with Crippen LogP contribution in [-0.2, 0) is 11.0 Å². The summed E-state index contributed by atoms with van der Waals surface area (Å²) >= 11 is 0. The summed E-state index contributed by atoms with van der Waals surface area (Å²) in [6.45, 7) is 0. The van der Waals surface area contributed by atoms with Crippen molar-refractivity contribution >= 4 is 11.6 Å². The monoisotopic (exact) mass is 309 g/mol. The molecule has 0 bridgehead atoms. The van der Waals surface area contributed by atoms with Gasteiger partial charge in [-0.2, -0.15) is 13.2 Å². The van der Waals surface area contributed by atoms with Gasteiger partial charge in [-0.1, -0.05) is 18.2 Å². The third-order valence-electron chi connectivity index (χ3n) is 3.56. The molecule has 0 aliphatic carbocycles. The first-order chi connectivity index (χ1) is 10.3. The van der Waals surface area contributed by atoms with E-state index in [1.807, 2.05) is 0 Å². The third kappa shape index (κ3) is 2.14. The van der Waals surface area contributed by atoms with Crippen LogP contribution in [0.1, 0.15) is 22.6 Å². The SMILES string of the molecule is O=C1Nc2c(cccc2C(F)(F)F)C1c1ccc(O)c(O)c1. The summed E-state index contributed by atoms with van der Waals surface area (Å²) in [4.78, 5) is 12.1. The lowest BCUT2D eigenvalue weighted by Gasteiger charge is -2.13. The number of halogens is 3. The van der Waals surface area contributed by atoms with Crippen LogP contribution in [0, 0.1) is 0 Å². The maximum absolute atomic E-state index is 13.0. The zero-order valence-electron chi connectivity index (χ0n) is 11.0. The van der Waals surface area contributed by atoms with Crippen molar-refractivity contribution in [2.75, 3.05) is 5.32 Å². The molecule has 1 unspecified atom stereocenters. The molecule has 0 spiro atoms. The van der Waals surface area contributed by atoms with E-state index in [0.717, 1.165) is 12.1 Å². The number of carbonyl (C=O) groups is 1. The molecular weight excluding hydrogens is 299 g/mol. The van der Waals surface area contributed by atoms with Gasteiger partial charge in [-0.05, 0) is 29.3 Å². The van der Waals surface area contributed by atoms with Crippen molar-refractivity contribution < 1.29 is 28.2 Å². The van der Waals surface area contributed by atoms with Crippen LogP contribution >= 0.6 is 0 Å². The van der Waals surface area contributed by atoms with E-state index < -0.39 is 29.3 Å². The molecule has 0 aromatic heterocycles. The predicted molar refractivity (Wildman–Crippen MR) is 71.7 cm³/mol. The Morgan fingerprint density at radius 2 is 1.77 bits per heavy atom. The number of aromatic hydroxyl groups is 2. The quantitative estimate of drug-likeness (QED) is 0.709. The Hall–Kier alpha value is -2.70. The fourth-order valence-electron chi connectivity index (χ4n) is 2.57. The van der Waals surface area contributed by atoms with Crippen molar-refractivity contribution in [2.24, 2.45) is 0 Å². The molecule has 1 aliphatic rings. The Bertz CT molecular complexity index is 771. The number of hydrogen-bond donors (Lipinski definition) is 3. The maximum Gasteiger partial charge on any atom is 0.418 e. The van der Waals surface area contributed by atoms with E-state index in [1.165, 1.54) is 24.3 Å². The number of carbonyl (C=O) groups excluding carboxylic acids is 1. The molecule has 7 heteroatoms. The average Bonchev–Trinajstić information content (AvgIpc) is 2.76. The van der Waals surface area contributed by atoms with Gasteiger partial charge in [0.2, 0.25) is 5.91 Å². The van der Waals surface area contributed by atoms with Gasteiger partial charge < -0.3 is 15.5 Å². The number of anilines is 1. The number of benzene rings is 2. The minimum atomic E-state index is -4.58. The highest BCUT2D eigenvalue weighted by molar-refractivity contribution is 6.06. The topological polar surface area (TPSA) is 69.6 Å². The molecule has 1 atom stereocenters. The van der Waals surface area contributed by atoms with E-state index in [1.54, 1.807) is 0 Å². The Kier molecular flexibility index (Phi) is 3.01. The summed E-state index contributed by atoms with van der Waals surface area (Å²) in [6.07, 6.45) is -4.58. The van der Waals surface area contributed by atoms with Crippen molar-refractivity contribution in [3.8, 4) is 11.5 Å². The Balaban J connectivity index is 2.15. The van der Waals surface area contributed by atoms with E-state index in [9.17, 15) is 28.2 Å². The predicted octanol–water partition coefficient (Wildman–Crippen LogP) is 3.20. The molecule has 4 nitrogen and oxygen atoms in total. The van der Waals surface area contributed by atoms with Crippen molar-refractivity contribution in [3.63, 3.8) is 0 Å². The smallest absolute Gasteiger partial charge is 0.418 e. The van der Waals surface area contributed by atoms with Gasteiger partial charge >= 0.3 is 6.18 Å². The summed E-state index contributed by atoms with van der Waals surface area (Å²) in [7, 11) is 0. The summed E-state index contributed by atoms with van der Waals surface area (Å²) in [6, 6.07) is 7.29. The minimum absolute atomic E-state index is 0.185. The van der Waals surface area contributed by atoms with Crippen LogP contribution in [0.2, 0.25) is 0 Å². The lowest BCUT2D eigenvalue weighted by atomic mass is 9.91. The molecule has 3 rings (SSSR count). The van der Waals surface area contributed by atoms with Gasteiger partial charge in [-0.3, -0.25) is 4.79 Å². The largest absolute Gasteiger partial charge is 0.504 e. The van der Waals surface area contributed by atoms with Crippen molar-refractivity contribution in [1.82, 2.24) is 0 Å². The van der Waals surface area contributed by atoms with Crippen LogP contribution in [0.25, 0.3) is 0 Å². The van der Waals surface area contributed by atoms with Crippen molar-refractivity contribution in [3.05, 3.63) is 53.1 Å². The number of nitrogens with one attached hydrogen (secondary N) is 1. The summed E-state index contributed by atoms with van der Waals surface area (Å²) in [5.74, 6) is -2.39. The lowest BCUT2D eigenvalue weighted by Crippen LogP contribution is -2.14. The van der Waals surface area contributed by atoms with Crippen molar-refractivity contribution in [1.29, 1.82) is 0 Å². The van der Waals surface area contributed by atoms with Crippen LogP contribution in [0.4, 0.5) is 18.9 Å². The van der Waals surface area contributed by atoms with Crippen LogP contribution in [0.5, 0.6) is 11.5 Å². The molecule has 1 heterocycles. The number of phenolic OH excluding ortho intramolecular Hbond substituents is 2. The number of phenols is 2. The van der Waals surface area contributed by atoms with Gasteiger partial charge in [0, 0.05) is 0 Å². The number of amides is 1. The maximum atomic E-state index is 13.0. The highest BCUT2D eigenvalue weighted by atomic mass is 19.4. The lowest BCUT2D eigenvalue weighted by molar-refractivity contribution is -0.136. The Labute approximate surface area is 122 Å². The molecule has 0 saturated carbocycles. The van der Waals surface area contributed by atoms with Crippen LogP contribution in [-0.4, -0.2) is 16.1 Å². The highest BCUT2D eigenvalue weighted by Crippen LogP contribution is 2.45. The summed E-state index contributed by atoms with van der Waals surface area (Å²) < 4.78 is 39.0. The fraction of sp³-hybridized carbons (Fsp3) is 0.133. The first-order valence-electron chi connectivity index (χ1n) is 6.32. The normalized spacial score (nSPS) is 17.2. The number of rotatable bonds is 1. The van der Waals surface area contributed by atoms with Crippen LogP contribution < -0.4 is 5.32 Å². The fourth-order valence-corrected chi connectivity index (χ4v) is 2.57. The number of para-hydroxylation sites is 1. The van der Waals surface area contributed by atoms with E-state index in [-0.39, 0.29) is 17.0 Å². The van der Waals surface area contributed by atoms with Gasteiger partial charge in [-0.25, -0.2) is 0 Å². The highest BCUT2D eigenvalue weighted by Gasteiger charge is 2.41. The second-order valence-corrected chi connectivity index (χ2v) is 4.94. The van der Waals surface area contributed by atoms with E-state index in [2.05, 4.69) is 5.32 Å². The first kappa shape index (κ1) is 14.2.